The van der Waals surface area contributed by atoms with Crippen LogP contribution in [0.1, 0.15) is 12.8 Å². The number of amides is 3. The Morgan fingerprint density at radius 1 is 1.47 bits per heavy atom. The molecular formula is C12H10N4O3. The molecule has 96 valence electrons. The number of rotatable bonds is 2. The maximum atomic E-state index is 12.0. The fourth-order valence-corrected chi connectivity index (χ4v) is 2.39. The minimum absolute atomic E-state index is 0.149. The van der Waals surface area contributed by atoms with Crippen LogP contribution in [0.3, 0.4) is 0 Å². The highest BCUT2D eigenvalue weighted by atomic mass is 16.2. The van der Waals surface area contributed by atoms with Crippen LogP contribution in [0.5, 0.6) is 0 Å². The van der Waals surface area contributed by atoms with Gasteiger partial charge in [-0.15, -0.1) is 0 Å². The van der Waals surface area contributed by atoms with Gasteiger partial charge in [0.05, 0.1) is 6.20 Å². The quantitative estimate of drug-likeness (QED) is 0.625. The van der Waals surface area contributed by atoms with E-state index in [1.165, 1.54) is 18.5 Å². The van der Waals surface area contributed by atoms with Crippen molar-refractivity contribution < 1.29 is 14.4 Å². The van der Waals surface area contributed by atoms with Crippen LogP contribution in [0.15, 0.2) is 28.5 Å². The molecule has 0 aromatic carbocycles. The van der Waals surface area contributed by atoms with Gasteiger partial charge in [-0.1, -0.05) is 0 Å². The monoisotopic (exact) mass is 258 g/mol. The summed E-state index contributed by atoms with van der Waals surface area (Å²) in [7, 11) is 0. The summed E-state index contributed by atoms with van der Waals surface area (Å²) in [5.74, 6) is 1.13. The van der Waals surface area contributed by atoms with Crippen molar-refractivity contribution in [2.75, 3.05) is 0 Å². The van der Waals surface area contributed by atoms with Gasteiger partial charge in [-0.3, -0.25) is 19.7 Å². The summed E-state index contributed by atoms with van der Waals surface area (Å²) in [5.41, 5.74) is -0.820. The Hall–Kier alpha value is -2.53. The largest absolute Gasteiger partial charge is 0.336 e. The maximum absolute atomic E-state index is 12.0. The van der Waals surface area contributed by atoms with Crippen LogP contribution in [0.25, 0.3) is 0 Å². The van der Waals surface area contributed by atoms with Crippen LogP contribution in [0, 0.1) is 5.92 Å². The zero-order chi connectivity index (χ0) is 13.5. The topological polar surface area (TPSA) is 100.0 Å². The molecule has 3 fully saturated rings. The lowest BCUT2D eigenvalue weighted by molar-refractivity contribution is -0.154. The number of hydrogen-bond acceptors (Lipinski definition) is 5. The summed E-state index contributed by atoms with van der Waals surface area (Å²) in [4.78, 5) is 42.7. The lowest BCUT2D eigenvalue weighted by atomic mass is 9.64. The highest BCUT2D eigenvalue weighted by Crippen LogP contribution is 2.41. The van der Waals surface area contributed by atoms with Crippen molar-refractivity contribution >= 4 is 29.3 Å². The molecule has 0 atom stereocenters. The molecular weight excluding hydrogens is 248 g/mol. The second-order valence-electron chi connectivity index (χ2n) is 4.68. The van der Waals surface area contributed by atoms with Gasteiger partial charge in [0.1, 0.15) is 11.3 Å². The number of carbonyl (C=O) groups excluding carboxylic acids is 3. The lowest BCUT2D eigenvalue weighted by Gasteiger charge is -2.49. The van der Waals surface area contributed by atoms with Gasteiger partial charge in [0.2, 0.25) is 5.91 Å². The van der Waals surface area contributed by atoms with Crippen molar-refractivity contribution in [3.8, 4) is 0 Å². The van der Waals surface area contributed by atoms with E-state index in [2.05, 4.69) is 26.5 Å². The third kappa shape index (κ3) is 1.80. The summed E-state index contributed by atoms with van der Waals surface area (Å²) in [6.45, 7) is 0. The van der Waals surface area contributed by atoms with E-state index < -0.39 is 17.4 Å². The first-order valence-electron chi connectivity index (χ1n) is 5.80. The average molecular weight is 258 g/mol. The highest BCUT2D eigenvalue weighted by Gasteiger charge is 2.58. The molecule has 7 heteroatoms. The van der Waals surface area contributed by atoms with Gasteiger partial charge in [-0.05, 0) is 18.9 Å². The molecule has 0 spiro atoms. The number of nitrogens with zero attached hydrogens (tertiary/aromatic N) is 2. The molecule has 2 bridgehead atoms. The number of aliphatic imine (C=N–C) groups is 2. The van der Waals surface area contributed by atoms with E-state index in [0.717, 1.165) is 0 Å². The molecule has 0 radical (unpaired) electrons. The lowest BCUT2D eigenvalue weighted by Crippen LogP contribution is -2.73. The normalized spacial score (nSPS) is 31.2. The summed E-state index contributed by atoms with van der Waals surface area (Å²) < 4.78 is 0. The number of piperidine rings is 2. The van der Waals surface area contributed by atoms with Crippen molar-refractivity contribution in [2.45, 2.75) is 18.4 Å². The van der Waals surface area contributed by atoms with Crippen molar-refractivity contribution in [3.05, 3.63) is 18.5 Å². The Morgan fingerprint density at radius 3 is 3.00 bits per heavy atom. The minimum Gasteiger partial charge on any atom is -0.336 e. The zero-order valence-electron chi connectivity index (χ0n) is 9.84. The SMILES string of the molecule is O=C(NC12CC(C1)C(=O)NC2=O)C1=NC=C=NC=C1. The molecule has 3 amide bonds. The van der Waals surface area contributed by atoms with Crippen molar-refractivity contribution in [1.82, 2.24) is 10.6 Å². The molecule has 7 nitrogen and oxygen atoms in total. The van der Waals surface area contributed by atoms with Gasteiger partial charge in [0.25, 0.3) is 11.8 Å². The highest BCUT2D eigenvalue weighted by molar-refractivity contribution is 6.44. The average Bonchev–Trinajstić information content (AvgIpc) is 2.59. The second-order valence-corrected chi connectivity index (χ2v) is 4.68. The summed E-state index contributed by atoms with van der Waals surface area (Å²) in [6.07, 6.45) is 4.82. The van der Waals surface area contributed by atoms with Crippen LogP contribution in [0.4, 0.5) is 0 Å². The first-order chi connectivity index (χ1) is 9.11. The van der Waals surface area contributed by atoms with Gasteiger partial charge in [-0.2, -0.15) is 0 Å². The Kier molecular flexibility index (Phi) is 2.43. The molecule has 2 saturated heterocycles. The van der Waals surface area contributed by atoms with Crippen LogP contribution in [-0.2, 0) is 14.4 Å². The first kappa shape index (κ1) is 11.6. The summed E-state index contributed by atoms with van der Waals surface area (Å²) in [5, 5.41) is 4.91. The van der Waals surface area contributed by atoms with Gasteiger partial charge in [0.15, 0.2) is 0 Å². The molecule has 19 heavy (non-hydrogen) atoms. The zero-order valence-corrected chi connectivity index (χ0v) is 9.84. The smallest absolute Gasteiger partial charge is 0.270 e. The van der Waals surface area contributed by atoms with E-state index in [1.807, 2.05) is 0 Å². The summed E-state index contributed by atoms with van der Waals surface area (Å²) >= 11 is 0. The standard InChI is InChI=1S/C12H10N4O3/c17-9-7-5-12(6-7,11(19)15-9)16-10(18)8-1-2-13-3-4-14-8/h1-2,4,7H,5-6H2,(H,16,18)(H,15,17,19). The van der Waals surface area contributed by atoms with Gasteiger partial charge in [0, 0.05) is 18.0 Å². The van der Waals surface area contributed by atoms with E-state index in [1.54, 1.807) is 0 Å². The van der Waals surface area contributed by atoms with Crippen molar-refractivity contribution in [3.63, 3.8) is 0 Å². The molecule has 0 unspecified atom stereocenters. The van der Waals surface area contributed by atoms with Crippen LogP contribution < -0.4 is 10.6 Å². The number of imide groups is 1. The molecule has 0 aromatic rings. The third-order valence-electron chi connectivity index (χ3n) is 3.46. The molecule has 1 aliphatic carbocycles. The van der Waals surface area contributed by atoms with E-state index in [0.29, 0.717) is 12.8 Å². The molecule has 2 N–H and O–H groups in total. The fraction of sp³-hybridized carbons (Fsp3) is 0.333. The van der Waals surface area contributed by atoms with E-state index in [4.69, 9.17) is 0 Å². The Balaban J connectivity index is 1.75. The van der Waals surface area contributed by atoms with Crippen LogP contribution >= 0.6 is 0 Å². The number of hydrogen-bond donors (Lipinski definition) is 2. The number of fused-ring (bicyclic) bond motifs is 2. The Morgan fingerprint density at radius 2 is 2.26 bits per heavy atom. The third-order valence-corrected chi connectivity index (χ3v) is 3.46. The predicted molar refractivity (Wildman–Crippen MR) is 65.3 cm³/mol. The van der Waals surface area contributed by atoms with Gasteiger partial charge >= 0.3 is 0 Å². The second kappa shape index (κ2) is 4.00. The maximum Gasteiger partial charge on any atom is 0.270 e. The molecule has 4 rings (SSSR count). The van der Waals surface area contributed by atoms with Crippen molar-refractivity contribution in [2.24, 2.45) is 15.9 Å². The van der Waals surface area contributed by atoms with E-state index in [-0.39, 0.29) is 17.5 Å². The molecule has 0 aromatic heterocycles. The van der Waals surface area contributed by atoms with E-state index in [9.17, 15) is 14.4 Å². The van der Waals surface area contributed by atoms with Crippen molar-refractivity contribution in [1.29, 1.82) is 0 Å². The fourth-order valence-electron chi connectivity index (χ4n) is 2.39. The predicted octanol–water partition coefficient (Wildman–Crippen LogP) is -0.940. The van der Waals surface area contributed by atoms with Gasteiger partial charge in [-0.25, -0.2) is 9.98 Å². The van der Waals surface area contributed by atoms with E-state index >= 15 is 0 Å². The van der Waals surface area contributed by atoms with Crippen LogP contribution in [0.2, 0.25) is 0 Å². The van der Waals surface area contributed by atoms with Gasteiger partial charge < -0.3 is 5.32 Å². The molecule has 4 aliphatic rings. The first-order valence-corrected chi connectivity index (χ1v) is 5.80. The molecule has 3 heterocycles. The number of carbonyl (C=O) groups is 3. The van der Waals surface area contributed by atoms with Crippen LogP contribution in [-0.4, -0.2) is 34.8 Å². The Bertz CT molecular complexity index is 604. The number of nitrogens with one attached hydrogen (secondary N) is 2. The molecule has 1 saturated carbocycles. The minimum atomic E-state index is -0.969. The Labute approximate surface area is 108 Å². The summed E-state index contributed by atoms with van der Waals surface area (Å²) in [6, 6.07) is 0. The molecule has 3 aliphatic heterocycles.